The van der Waals surface area contributed by atoms with Gasteiger partial charge in [0.05, 0.1) is 5.56 Å². The van der Waals surface area contributed by atoms with Gasteiger partial charge in [-0.3, -0.25) is 4.79 Å². The van der Waals surface area contributed by atoms with E-state index < -0.39 is 5.82 Å². The van der Waals surface area contributed by atoms with E-state index in [4.69, 9.17) is 0 Å². The van der Waals surface area contributed by atoms with Crippen molar-refractivity contribution < 1.29 is 14.0 Å². The highest BCUT2D eigenvalue weighted by atomic mass is 79.9. The molecule has 5 nitrogen and oxygen atoms in total. The van der Waals surface area contributed by atoms with Crippen LogP contribution in [0.3, 0.4) is 0 Å². The fourth-order valence-electron chi connectivity index (χ4n) is 2.28. The molecule has 1 aromatic rings. The molecule has 0 bridgehead atoms. The number of rotatable bonds is 2. The molecular formula is C15H19BrFN3O2. The quantitative estimate of drug-likeness (QED) is 0.867. The Morgan fingerprint density at radius 2 is 1.77 bits per heavy atom. The maximum atomic E-state index is 13.8. The second-order valence-electron chi connectivity index (χ2n) is 5.51. The SMILES string of the molecule is CC(C)NC(=O)N1CCN(C(=O)c2cc(Br)ccc2F)CC1. The van der Waals surface area contributed by atoms with Gasteiger partial charge < -0.3 is 15.1 Å². The standard InChI is InChI=1S/C15H19BrFN3O2/c1-10(2)18-15(22)20-7-5-19(6-8-20)14(21)12-9-11(16)3-4-13(12)17/h3-4,9-10H,5-8H2,1-2H3,(H,18,22). The molecule has 1 N–H and O–H groups in total. The predicted molar refractivity (Wildman–Crippen MR) is 85.2 cm³/mol. The first-order chi connectivity index (χ1) is 10.4. The fraction of sp³-hybridized carbons (Fsp3) is 0.467. The van der Waals surface area contributed by atoms with Gasteiger partial charge in [-0.2, -0.15) is 0 Å². The first kappa shape index (κ1) is 16.7. The van der Waals surface area contributed by atoms with Crippen molar-refractivity contribution in [1.29, 1.82) is 0 Å². The average Bonchev–Trinajstić information content (AvgIpc) is 2.48. The van der Waals surface area contributed by atoms with Crippen molar-refractivity contribution in [2.24, 2.45) is 0 Å². The summed E-state index contributed by atoms with van der Waals surface area (Å²) in [5.41, 5.74) is 0.0504. The monoisotopic (exact) mass is 371 g/mol. The van der Waals surface area contributed by atoms with Gasteiger partial charge in [-0.15, -0.1) is 0 Å². The zero-order valence-electron chi connectivity index (χ0n) is 12.6. The molecule has 1 aromatic carbocycles. The Hall–Kier alpha value is -1.63. The van der Waals surface area contributed by atoms with Crippen LogP contribution in [0.1, 0.15) is 24.2 Å². The summed E-state index contributed by atoms with van der Waals surface area (Å²) in [4.78, 5) is 27.5. The number of hydrogen-bond donors (Lipinski definition) is 1. The Balaban J connectivity index is 1.98. The van der Waals surface area contributed by atoms with E-state index in [0.717, 1.165) is 0 Å². The summed E-state index contributed by atoms with van der Waals surface area (Å²) in [6.45, 7) is 5.48. The van der Waals surface area contributed by atoms with Crippen molar-refractivity contribution >= 4 is 27.9 Å². The molecule has 22 heavy (non-hydrogen) atoms. The molecule has 1 aliphatic rings. The Morgan fingerprint density at radius 1 is 1.18 bits per heavy atom. The van der Waals surface area contributed by atoms with Crippen molar-refractivity contribution in [3.05, 3.63) is 34.1 Å². The van der Waals surface area contributed by atoms with E-state index in [9.17, 15) is 14.0 Å². The second kappa shape index (κ2) is 7.09. The van der Waals surface area contributed by atoms with Crippen LogP contribution in [0.25, 0.3) is 0 Å². The van der Waals surface area contributed by atoms with Gasteiger partial charge in [0, 0.05) is 36.7 Å². The summed E-state index contributed by atoms with van der Waals surface area (Å²) in [5, 5.41) is 2.82. The number of nitrogens with zero attached hydrogens (tertiary/aromatic N) is 2. The molecule has 2 rings (SSSR count). The minimum atomic E-state index is -0.534. The highest BCUT2D eigenvalue weighted by molar-refractivity contribution is 9.10. The minimum Gasteiger partial charge on any atom is -0.336 e. The highest BCUT2D eigenvalue weighted by Gasteiger charge is 2.26. The van der Waals surface area contributed by atoms with Crippen LogP contribution < -0.4 is 5.32 Å². The van der Waals surface area contributed by atoms with Gasteiger partial charge in [0.15, 0.2) is 0 Å². The molecule has 0 atom stereocenters. The molecule has 0 spiro atoms. The van der Waals surface area contributed by atoms with Crippen LogP contribution in [-0.4, -0.2) is 54.0 Å². The van der Waals surface area contributed by atoms with Gasteiger partial charge in [0.25, 0.3) is 5.91 Å². The lowest BCUT2D eigenvalue weighted by molar-refractivity contribution is 0.0659. The highest BCUT2D eigenvalue weighted by Crippen LogP contribution is 2.18. The lowest BCUT2D eigenvalue weighted by atomic mass is 10.1. The Kier molecular flexibility index (Phi) is 5.39. The normalized spacial score (nSPS) is 15.1. The van der Waals surface area contributed by atoms with Crippen LogP contribution in [0.15, 0.2) is 22.7 Å². The van der Waals surface area contributed by atoms with Crippen molar-refractivity contribution in [1.82, 2.24) is 15.1 Å². The Bertz CT molecular complexity index is 572. The third-order valence-electron chi connectivity index (χ3n) is 3.43. The molecule has 1 aliphatic heterocycles. The summed E-state index contributed by atoms with van der Waals surface area (Å²) < 4.78 is 14.4. The summed E-state index contributed by atoms with van der Waals surface area (Å²) in [6, 6.07) is 4.25. The maximum Gasteiger partial charge on any atom is 0.317 e. The van der Waals surface area contributed by atoms with Gasteiger partial charge in [0.1, 0.15) is 5.82 Å². The second-order valence-corrected chi connectivity index (χ2v) is 6.42. The third kappa shape index (κ3) is 3.97. The van der Waals surface area contributed by atoms with Crippen LogP contribution in [0.5, 0.6) is 0 Å². The number of carbonyl (C=O) groups is 2. The van der Waals surface area contributed by atoms with Gasteiger partial charge in [-0.1, -0.05) is 15.9 Å². The number of nitrogens with one attached hydrogen (secondary N) is 1. The molecular weight excluding hydrogens is 353 g/mol. The first-order valence-electron chi connectivity index (χ1n) is 7.18. The minimum absolute atomic E-state index is 0.0504. The largest absolute Gasteiger partial charge is 0.336 e. The molecule has 3 amide bonds. The van der Waals surface area contributed by atoms with Crippen LogP contribution in [-0.2, 0) is 0 Å². The first-order valence-corrected chi connectivity index (χ1v) is 7.97. The van der Waals surface area contributed by atoms with E-state index in [1.807, 2.05) is 13.8 Å². The smallest absolute Gasteiger partial charge is 0.317 e. The fourth-order valence-corrected chi connectivity index (χ4v) is 2.64. The lowest BCUT2D eigenvalue weighted by Crippen LogP contribution is -2.54. The van der Waals surface area contributed by atoms with Crippen LogP contribution in [0.2, 0.25) is 0 Å². The average molecular weight is 372 g/mol. The number of piperazine rings is 1. The number of benzene rings is 1. The molecule has 0 aliphatic carbocycles. The van der Waals surface area contributed by atoms with E-state index in [1.165, 1.54) is 12.1 Å². The van der Waals surface area contributed by atoms with Crippen LogP contribution in [0, 0.1) is 5.82 Å². The van der Waals surface area contributed by atoms with Crippen molar-refractivity contribution in [3.63, 3.8) is 0 Å². The van der Waals surface area contributed by atoms with E-state index in [2.05, 4.69) is 21.2 Å². The summed E-state index contributed by atoms with van der Waals surface area (Å²) in [7, 11) is 0. The lowest BCUT2D eigenvalue weighted by Gasteiger charge is -2.35. The Labute approximate surface area is 137 Å². The molecule has 120 valence electrons. The van der Waals surface area contributed by atoms with E-state index in [1.54, 1.807) is 15.9 Å². The molecule has 1 saturated heterocycles. The predicted octanol–water partition coefficient (Wildman–Crippen LogP) is 2.46. The maximum absolute atomic E-state index is 13.8. The number of carbonyl (C=O) groups excluding carboxylic acids is 2. The summed E-state index contributed by atoms with van der Waals surface area (Å²) >= 11 is 3.24. The van der Waals surface area contributed by atoms with Crippen molar-refractivity contribution in [2.45, 2.75) is 19.9 Å². The van der Waals surface area contributed by atoms with Gasteiger partial charge >= 0.3 is 6.03 Å². The molecule has 0 unspecified atom stereocenters. The summed E-state index contributed by atoms with van der Waals surface area (Å²) in [6.07, 6.45) is 0. The zero-order valence-corrected chi connectivity index (χ0v) is 14.2. The van der Waals surface area contributed by atoms with E-state index >= 15 is 0 Å². The van der Waals surface area contributed by atoms with Gasteiger partial charge in [-0.25, -0.2) is 9.18 Å². The third-order valence-corrected chi connectivity index (χ3v) is 3.92. The van der Waals surface area contributed by atoms with Gasteiger partial charge in [-0.05, 0) is 32.0 Å². The number of hydrogen-bond acceptors (Lipinski definition) is 2. The Morgan fingerprint density at radius 3 is 2.36 bits per heavy atom. The molecule has 7 heteroatoms. The zero-order chi connectivity index (χ0) is 16.3. The van der Waals surface area contributed by atoms with Crippen molar-refractivity contribution in [2.75, 3.05) is 26.2 Å². The van der Waals surface area contributed by atoms with E-state index in [-0.39, 0.29) is 23.5 Å². The van der Waals surface area contributed by atoms with Crippen LogP contribution >= 0.6 is 15.9 Å². The molecule has 0 aromatic heterocycles. The van der Waals surface area contributed by atoms with Crippen LogP contribution in [0.4, 0.5) is 9.18 Å². The summed E-state index contributed by atoms with van der Waals surface area (Å²) in [5.74, 6) is -0.879. The molecule has 0 radical (unpaired) electrons. The topological polar surface area (TPSA) is 52.7 Å². The number of urea groups is 1. The molecule has 1 fully saturated rings. The number of halogens is 2. The molecule has 0 saturated carbocycles. The van der Waals surface area contributed by atoms with E-state index in [0.29, 0.717) is 30.7 Å². The number of amides is 3. The van der Waals surface area contributed by atoms with Gasteiger partial charge in [0.2, 0.25) is 0 Å². The van der Waals surface area contributed by atoms with Crippen molar-refractivity contribution in [3.8, 4) is 0 Å². The molecule has 1 heterocycles.